The van der Waals surface area contributed by atoms with Crippen molar-refractivity contribution >= 4 is 11.8 Å². The topological polar surface area (TPSA) is 53.4 Å². The van der Waals surface area contributed by atoms with E-state index in [1.165, 1.54) is 25.7 Å². The molecule has 0 atom stereocenters. The smallest absolute Gasteiger partial charge is 0.337 e. The van der Waals surface area contributed by atoms with Crippen LogP contribution in [0.15, 0.2) is 12.1 Å². The molecule has 0 amide bonds. The van der Waals surface area contributed by atoms with Crippen molar-refractivity contribution in [1.29, 1.82) is 0 Å². The summed E-state index contributed by atoms with van der Waals surface area (Å²) in [5.41, 5.74) is 0.904. The molecule has 0 aromatic carbocycles. The predicted molar refractivity (Wildman–Crippen MR) is 85.0 cm³/mol. The molecule has 0 spiro atoms. The van der Waals surface area contributed by atoms with Crippen LogP contribution in [0.25, 0.3) is 0 Å². The lowest BCUT2D eigenvalue weighted by molar-refractivity contribution is 0.0695. The first-order valence-corrected chi connectivity index (χ1v) is 7.96. The quantitative estimate of drug-likeness (QED) is 0.863. The Bertz CT molecular complexity index is 494. The van der Waals surface area contributed by atoms with Gasteiger partial charge in [-0.05, 0) is 44.2 Å². The summed E-state index contributed by atoms with van der Waals surface area (Å²) in [4.78, 5) is 18.1. The van der Waals surface area contributed by atoms with Gasteiger partial charge in [0.05, 0.1) is 11.3 Å². The fraction of sp³-hybridized carbons (Fsp3) is 0.647. The lowest BCUT2D eigenvalue weighted by atomic mass is 10.1. The monoisotopic (exact) mass is 290 g/mol. The molecule has 1 heterocycles. The summed E-state index contributed by atoms with van der Waals surface area (Å²) in [5, 5.41) is 9.13. The van der Waals surface area contributed by atoms with Crippen LogP contribution in [0, 0.1) is 12.8 Å². The Morgan fingerprint density at radius 2 is 2.05 bits per heavy atom. The van der Waals surface area contributed by atoms with E-state index in [4.69, 9.17) is 5.11 Å². The molecule has 21 heavy (non-hydrogen) atoms. The van der Waals surface area contributed by atoms with Crippen molar-refractivity contribution in [2.24, 2.45) is 5.92 Å². The fourth-order valence-corrected chi connectivity index (χ4v) is 3.03. The van der Waals surface area contributed by atoms with Gasteiger partial charge in [-0.1, -0.05) is 26.7 Å². The molecule has 1 aromatic heterocycles. The Labute approximate surface area is 127 Å². The molecule has 0 aliphatic heterocycles. The van der Waals surface area contributed by atoms with Crippen molar-refractivity contribution in [2.45, 2.75) is 58.9 Å². The van der Waals surface area contributed by atoms with Gasteiger partial charge in [-0.3, -0.25) is 0 Å². The van der Waals surface area contributed by atoms with Crippen LogP contribution in [0.2, 0.25) is 0 Å². The maximum absolute atomic E-state index is 11.1. The van der Waals surface area contributed by atoms with E-state index in [2.05, 4.69) is 23.7 Å². The maximum atomic E-state index is 11.1. The predicted octanol–water partition coefficient (Wildman–Crippen LogP) is 3.88. The maximum Gasteiger partial charge on any atom is 0.337 e. The summed E-state index contributed by atoms with van der Waals surface area (Å²) in [5.74, 6) is 0.694. The van der Waals surface area contributed by atoms with Gasteiger partial charge in [0.15, 0.2) is 0 Å². The fourth-order valence-electron chi connectivity index (χ4n) is 3.03. The van der Waals surface area contributed by atoms with Crippen molar-refractivity contribution < 1.29 is 9.90 Å². The molecule has 0 unspecified atom stereocenters. The van der Waals surface area contributed by atoms with E-state index < -0.39 is 5.97 Å². The van der Waals surface area contributed by atoms with Gasteiger partial charge in [-0.2, -0.15) is 0 Å². The van der Waals surface area contributed by atoms with Crippen molar-refractivity contribution in [2.75, 3.05) is 11.4 Å². The van der Waals surface area contributed by atoms with Crippen LogP contribution in [-0.4, -0.2) is 28.6 Å². The number of hydrogen-bond acceptors (Lipinski definition) is 3. The number of carboxylic acids is 1. The van der Waals surface area contributed by atoms with Gasteiger partial charge < -0.3 is 10.0 Å². The Balaban J connectivity index is 2.22. The number of carbonyl (C=O) groups is 1. The first-order valence-electron chi connectivity index (χ1n) is 7.96. The molecule has 1 aliphatic rings. The second-order valence-corrected chi connectivity index (χ2v) is 6.42. The molecule has 1 saturated carbocycles. The molecule has 0 radical (unpaired) electrons. The molecule has 1 aliphatic carbocycles. The van der Waals surface area contributed by atoms with Crippen LogP contribution < -0.4 is 4.90 Å². The largest absolute Gasteiger partial charge is 0.478 e. The van der Waals surface area contributed by atoms with Gasteiger partial charge in [0, 0.05) is 12.6 Å². The Kier molecular flexibility index (Phi) is 5.21. The third kappa shape index (κ3) is 3.96. The number of pyridine rings is 1. The van der Waals surface area contributed by atoms with Crippen LogP contribution in [0.3, 0.4) is 0 Å². The number of carboxylic acid groups (broad SMARTS) is 1. The van der Waals surface area contributed by atoms with Crippen molar-refractivity contribution in [3.63, 3.8) is 0 Å². The SMILES string of the molecule is Cc1nc(N(CCC(C)C)C2CCCC2)ccc1C(=O)O. The number of aryl methyl sites for hydroxylation is 1. The van der Waals surface area contributed by atoms with Crippen LogP contribution >= 0.6 is 0 Å². The van der Waals surface area contributed by atoms with Gasteiger partial charge in [0.25, 0.3) is 0 Å². The minimum absolute atomic E-state index is 0.300. The van der Waals surface area contributed by atoms with Crippen molar-refractivity contribution in [1.82, 2.24) is 4.98 Å². The molecule has 1 N–H and O–H groups in total. The molecular formula is C17H26N2O2. The minimum atomic E-state index is -0.902. The highest BCUT2D eigenvalue weighted by atomic mass is 16.4. The molecule has 1 fully saturated rings. The number of nitrogens with zero attached hydrogens (tertiary/aromatic N) is 2. The van der Waals surface area contributed by atoms with Gasteiger partial charge in [0.2, 0.25) is 0 Å². The van der Waals surface area contributed by atoms with Gasteiger partial charge >= 0.3 is 5.97 Å². The number of aromatic nitrogens is 1. The van der Waals surface area contributed by atoms with Crippen molar-refractivity contribution in [3.05, 3.63) is 23.4 Å². The molecule has 0 saturated heterocycles. The molecule has 4 heteroatoms. The van der Waals surface area contributed by atoms with E-state index in [0.29, 0.717) is 23.2 Å². The molecule has 1 aromatic rings. The van der Waals surface area contributed by atoms with E-state index in [-0.39, 0.29) is 0 Å². The van der Waals surface area contributed by atoms with E-state index >= 15 is 0 Å². The van der Waals surface area contributed by atoms with E-state index in [1.54, 1.807) is 13.0 Å². The van der Waals surface area contributed by atoms with Gasteiger partial charge in [-0.15, -0.1) is 0 Å². The summed E-state index contributed by atoms with van der Waals surface area (Å²) in [6, 6.07) is 4.12. The van der Waals surface area contributed by atoms with E-state index in [9.17, 15) is 4.79 Å². The summed E-state index contributed by atoms with van der Waals surface area (Å²) >= 11 is 0. The van der Waals surface area contributed by atoms with Gasteiger partial charge in [-0.25, -0.2) is 9.78 Å². The number of hydrogen-bond donors (Lipinski definition) is 1. The summed E-state index contributed by atoms with van der Waals surface area (Å²) in [6.07, 6.45) is 6.15. The number of anilines is 1. The summed E-state index contributed by atoms with van der Waals surface area (Å²) in [7, 11) is 0. The van der Waals surface area contributed by atoms with Crippen LogP contribution in [0.4, 0.5) is 5.82 Å². The standard InChI is InChI=1S/C17H26N2O2/c1-12(2)10-11-19(14-6-4-5-7-14)16-9-8-15(17(20)21)13(3)18-16/h8-9,12,14H,4-7,10-11H2,1-3H3,(H,20,21). The second kappa shape index (κ2) is 6.92. The normalized spacial score (nSPS) is 15.6. The minimum Gasteiger partial charge on any atom is -0.478 e. The average Bonchev–Trinajstić information content (AvgIpc) is 2.92. The lowest BCUT2D eigenvalue weighted by Crippen LogP contribution is -2.35. The number of aromatic carboxylic acids is 1. The molecule has 0 bridgehead atoms. The zero-order valence-corrected chi connectivity index (χ0v) is 13.3. The van der Waals surface area contributed by atoms with Crippen LogP contribution in [0.1, 0.15) is 62.0 Å². The third-order valence-corrected chi connectivity index (χ3v) is 4.31. The third-order valence-electron chi connectivity index (χ3n) is 4.31. The zero-order chi connectivity index (χ0) is 15.4. The summed E-state index contributed by atoms with van der Waals surface area (Å²) in [6.45, 7) is 7.25. The van der Waals surface area contributed by atoms with Gasteiger partial charge in [0.1, 0.15) is 5.82 Å². The molecular weight excluding hydrogens is 264 g/mol. The first kappa shape index (κ1) is 15.8. The zero-order valence-electron chi connectivity index (χ0n) is 13.3. The Morgan fingerprint density at radius 3 is 2.57 bits per heavy atom. The lowest BCUT2D eigenvalue weighted by Gasteiger charge is -2.31. The molecule has 116 valence electrons. The highest BCUT2D eigenvalue weighted by Gasteiger charge is 2.24. The Hall–Kier alpha value is -1.58. The van der Waals surface area contributed by atoms with Crippen LogP contribution in [0.5, 0.6) is 0 Å². The first-order chi connectivity index (χ1) is 9.99. The van der Waals surface area contributed by atoms with E-state index in [0.717, 1.165) is 18.8 Å². The highest BCUT2D eigenvalue weighted by molar-refractivity contribution is 5.89. The number of rotatable bonds is 6. The average molecular weight is 290 g/mol. The Morgan fingerprint density at radius 1 is 1.38 bits per heavy atom. The second-order valence-electron chi connectivity index (χ2n) is 6.42. The highest BCUT2D eigenvalue weighted by Crippen LogP contribution is 2.28. The molecule has 2 rings (SSSR count). The molecule has 4 nitrogen and oxygen atoms in total. The van der Waals surface area contributed by atoms with E-state index in [1.807, 2.05) is 6.07 Å². The van der Waals surface area contributed by atoms with Crippen LogP contribution in [-0.2, 0) is 0 Å². The van der Waals surface area contributed by atoms with Crippen molar-refractivity contribution in [3.8, 4) is 0 Å². The summed E-state index contributed by atoms with van der Waals surface area (Å²) < 4.78 is 0.